The lowest BCUT2D eigenvalue weighted by atomic mass is 10.0. The van der Waals surface area contributed by atoms with E-state index in [1.54, 1.807) is 17.0 Å². The zero-order valence-corrected chi connectivity index (χ0v) is 19.5. The lowest BCUT2D eigenvalue weighted by Crippen LogP contribution is -2.35. The molecule has 4 aromatic rings. The number of H-pyrrole nitrogens is 1. The number of hydrogen-bond donors (Lipinski definition) is 2. The zero-order valence-electron chi connectivity index (χ0n) is 19.5. The molecule has 0 spiro atoms. The molecule has 6 rings (SSSR count). The average molecular weight is 469 g/mol. The molecule has 35 heavy (non-hydrogen) atoms. The highest BCUT2D eigenvalue weighted by Gasteiger charge is 2.27. The van der Waals surface area contributed by atoms with Crippen molar-refractivity contribution in [2.45, 2.75) is 26.1 Å². The molecule has 7 heteroatoms. The number of aromatic nitrogens is 2. The fourth-order valence-corrected chi connectivity index (χ4v) is 5.08. The summed E-state index contributed by atoms with van der Waals surface area (Å²) in [4.78, 5) is 17.7. The number of phenols is 1. The molecule has 3 aromatic carbocycles. The van der Waals surface area contributed by atoms with Crippen molar-refractivity contribution in [1.82, 2.24) is 20.0 Å². The summed E-state index contributed by atoms with van der Waals surface area (Å²) < 4.78 is 5.45. The smallest absolute Gasteiger partial charge is 0.258 e. The van der Waals surface area contributed by atoms with Gasteiger partial charge in [0.2, 0.25) is 0 Å². The molecule has 0 radical (unpaired) electrons. The van der Waals surface area contributed by atoms with E-state index in [2.05, 4.69) is 45.4 Å². The van der Waals surface area contributed by atoms with Crippen LogP contribution >= 0.6 is 0 Å². The van der Waals surface area contributed by atoms with Crippen molar-refractivity contribution < 1.29 is 14.6 Å². The van der Waals surface area contributed by atoms with E-state index in [1.165, 1.54) is 11.1 Å². The van der Waals surface area contributed by atoms with Gasteiger partial charge in [0.25, 0.3) is 5.91 Å². The Balaban J connectivity index is 1.22. The summed E-state index contributed by atoms with van der Waals surface area (Å²) in [5, 5.41) is 19.0. The Labute approximate surface area is 203 Å². The fourth-order valence-electron chi connectivity index (χ4n) is 5.08. The van der Waals surface area contributed by atoms with Crippen LogP contribution in [0.25, 0.3) is 10.9 Å². The summed E-state index contributed by atoms with van der Waals surface area (Å²) in [6.45, 7) is 5.45. The molecule has 2 N–H and O–H groups in total. The first-order chi connectivity index (χ1) is 17.1. The standard InChI is InChI=1S/C28H28N4O3/c33-27-15-26-23(25(29-30-26)13-19-4-2-1-3-5-19)14-24(27)28(34)32-17-21-7-6-20(12-22(21)18-32)16-31-8-10-35-11-9-31/h1-7,12,14-15,33H,8-11,13,16-18H2,(H,29,30). The number of hydrogen-bond acceptors (Lipinski definition) is 5. The Morgan fingerprint density at radius 3 is 2.60 bits per heavy atom. The van der Waals surface area contributed by atoms with Gasteiger partial charge in [-0.2, -0.15) is 5.10 Å². The predicted molar refractivity (Wildman–Crippen MR) is 133 cm³/mol. The molecule has 0 bridgehead atoms. The number of aromatic hydroxyl groups is 1. The van der Waals surface area contributed by atoms with Crippen LogP contribution in [0.3, 0.4) is 0 Å². The molecule has 3 heterocycles. The maximum Gasteiger partial charge on any atom is 0.258 e. The van der Waals surface area contributed by atoms with Crippen LogP contribution in [0.1, 0.15) is 38.3 Å². The molecule has 1 saturated heterocycles. The molecule has 1 fully saturated rings. The van der Waals surface area contributed by atoms with Crippen LogP contribution in [0.5, 0.6) is 5.75 Å². The summed E-state index contributed by atoms with van der Waals surface area (Å²) >= 11 is 0. The van der Waals surface area contributed by atoms with Crippen LogP contribution in [0, 0.1) is 0 Å². The van der Waals surface area contributed by atoms with Gasteiger partial charge in [0.15, 0.2) is 0 Å². The van der Waals surface area contributed by atoms with Crippen molar-refractivity contribution in [2.24, 2.45) is 0 Å². The number of fused-ring (bicyclic) bond motifs is 2. The van der Waals surface area contributed by atoms with Crippen LogP contribution in [-0.2, 0) is 30.8 Å². The summed E-state index contributed by atoms with van der Waals surface area (Å²) in [6.07, 6.45) is 0.653. The van der Waals surface area contributed by atoms with Crippen molar-refractivity contribution in [3.8, 4) is 5.75 Å². The quantitative estimate of drug-likeness (QED) is 0.465. The molecule has 0 atom stereocenters. The fraction of sp³-hybridized carbons (Fsp3) is 0.286. The van der Waals surface area contributed by atoms with Crippen molar-refractivity contribution in [1.29, 1.82) is 0 Å². The number of phenolic OH excluding ortho intramolecular Hbond substituents is 1. The predicted octanol–water partition coefficient (Wildman–Crippen LogP) is 3.85. The summed E-state index contributed by atoms with van der Waals surface area (Å²) in [5.74, 6) is -0.191. The maximum atomic E-state index is 13.5. The largest absolute Gasteiger partial charge is 0.507 e. The minimum absolute atomic E-state index is 0.0265. The monoisotopic (exact) mass is 468 g/mol. The number of ether oxygens (including phenoxy) is 1. The summed E-state index contributed by atoms with van der Waals surface area (Å²) in [6, 6.07) is 20.0. The van der Waals surface area contributed by atoms with Gasteiger partial charge in [0, 0.05) is 50.6 Å². The van der Waals surface area contributed by atoms with Gasteiger partial charge in [-0.1, -0.05) is 48.5 Å². The molecule has 2 aliphatic rings. The number of rotatable bonds is 5. The highest BCUT2D eigenvalue weighted by atomic mass is 16.5. The van der Waals surface area contributed by atoms with Gasteiger partial charge in [0.05, 0.1) is 30.0 Å². The normalized spacial score (nSPS) is 16.1. The number of benzene rings is 3. The summed E-state index contributed by atoms with van der Waals surface area (Å²) in [7, 11) is 0. The number of amides is 1. The topological polar surface area (TPSA) is 81.7 Å². The van der Waals surface area contributed by atoms with Crippen LogP contribution < -0.4 is 0 Å². The van der Waals surface area contributed by atoms with Crippen molar-refractivity contribution in [3.05, 3.63) is 94.2 Å². The molecule has 1 amide bonds. The molecule has 178 valence electrons. The Hall–Kier alpha value is -3.68. The van der Waals surface area contributed by atoms with Gasteiger partial charge in [-0.15, -0.1) is 0 Å². The van der Waals surface area contributed by atoms with E-state index in [9.17, 15) is 9.90 Å². The van der Waals surface area contributed by atoms with E-state index in [-0.39, 0.29) is 11.7 Å². The van der Waals surface area contributed by atoms with Crippen LogP contribution in [0.4, 0.5) is 0 Å². The van der Waals surface area contributed by atoms with E-state index in [4.69, 9.17) is 4.74 Å². The molecular weight excluding hydrogens is 440 g/mol. The second-order valence-corrected chi connectivity index (χ2v) is 9.40. The van der Waals surface area contributed by atoms with E-state index in [1.807, 2.05) is 18.2 Å². The van der Waals surface area contributed by atoms with Gasteiger partial charge in [-0.3, -0.25) is 14.8 Å². The molecule has 0 aliphatic carbocycles. The van der Waals surface area contributed by atoms with E-state index in [0.717, 1.165) is 60.6 Å². The van der Waals surface area contributed by atoms with Gasteiger partial charge < -0.3 is 14.7 Å². The Morgan fingerprint density at radius 2 is 1.77 bits per heavy atom. The van der Waals surface area contributed by atoms with E-state index < -0.39 is 0 Å². The van der Waals surface area contributed by atoms with Gasteiger partial charge >= 0.3 is 0 Å². The third-order valence-corrected chi connectivity index (χ3v) is 6.99. The third-order valence-electron chi connectivity index (χ3n) is 6.99. The third kappa shape index (κ3) is 4.40. The van der Waals surface area contributed by atoms with Crippen molar-refractivity contribution in [2.75, 3.05) is 26.3 Å². The number of morpholine rings is 1. The first-order valence-corrected chi connectivity index (χ1v) is 12.1. The lowest BCUT2D eigenvalue weighted by Gasteiger charge is -2.26. The van der Waals surface area contributed by atoms with E-state index >= 15 is 0 Å². The number of carbonyl (C=O) groups excluding carboxylic acids is 1. The first-order valence-electron chi connectivity index (χ1n) is 12.1. The highest BCUT2D eigenvalue weighted by Crippen LogP contribution is 2.31. The van der Waals surface area contributed by atoms with E-state index in [0.29, 0.717) is 25.1 Å². The van der Waals surface area contributed by atoms with Crippen LogP contribution in [0.2, 0.25) is 0 Å². The number of carbonyl (C=O) groups is 1. The lowest BCUT2D eigenvalue weighted by molar-refractivity contribution is 0.0342. The average Bonchev–Trinajstić information content (AvgIpc) is 3.48. The van der Waals surface area contributed by atoms with Crippen LogP contribution in [-0.4, -0.2) is 57.3 Å². The minimum atomic E-state index is -0.165. The molecule has 0 unspecified atom stereocenters. The van der Waals surface area contributed by atoms with Gasteiger partial charge in [0.1, 0.15) is 5.75 Å². The molecular formula is C28H28N4O3. The Morgan fingerprint density at radius 1 is 0.971 bits per heavy atom. The van der Waals surface area contributed by atoms with Crippen molar-refractivity contribution >= 4 is 16.8 Å². The second kappa shape index (κ2) is 9.17. The number of aromatic amines is 1. The molecule has 1 aromatic heterocycles. The van der Waals surface area contributed by atoms with Crippen LogP contribution in [0.15, 0.2) is 60.7 Å². The Kier molecular flexibility index (Phi) is 5.72. The van der Waals surface area contributed by atoms with Gasteiger partial charge in [-0.05, 0) is 28.3 Å². The molecule has 0 saturated carbocycles. The SMILES string of the molecule is O=C(c1cc2c(Cc3ccccc3)n[nH]c2cc1O)N1Cc2ccc(CN3CCOCC3)cc2C1. The second-order valence-electron chi connectivity index (χ2n) is 9.40. The van der Waals surface area contributed by atoms with Gasteiger partial charge in [-0.25, -0.2) is 0 Å². The maximum absolute atomic E-state index is 13.5. The zero-order chi connectivity index (χ0) is 23.8. The number of nitrogens with zero attached hydrogens (tertiary/aromatic N) is 3. The minimum Gasteiger partial charge on any atom is -0.507 e. The molecule has 2 aliphatic heterocycles. The van der Waals surface area contributed by atoms with Crippen molar-refractivity contribution in [3.63, 3.8) is 0 Å². The number of nitrogens with one attached hydrogen (secondary N) is 1. The summed E-state index contributed by atoms with van der Waals surface area (Å²) in [5.41, 5.74) is 6.64. The molecule has 7 nitrogen and oxygen atoms in total. The highest BCUT2D eigenvalue weighted by molar-refractivity contribution is 6.01. The Bertz CT molecular complexity index is 1380. The first kappa shape index (κ1) is 21.8.